The van der Waals surface area contributed by atoms with Gasteiger partial charge in [0.25, 0.3) is 0 Å². The summed E-state index contributed by atoms with van der Waals surface area (Å²) in [5.41, 5.74) is 2.02. The molecule has 29 heavy (non-hydrogen) atoms. The van der Waals surface area contributed by atoms with E-state index in [1.165, 1.54) is 12.1 Å². The molecule has 0 radical (unpaired) electrons. The van der Waals surface area contributed by atoms with Crippen LogP contribution in [0.3, 0.4) is 0 Å². The first kappa shape index (κ1) is 19.6. The molecule has 1 aliphatic rings. The maximum absolute atomic E-state index is 13.4. The van der Waals surface area contributed by atoms with Gasteiger partial charge in [0.1, 0.15) is 11.6 Å². The summed E-state index contributed by atoms with van der Waals surface area (Å²) < 4.78 is 13.4. The van der Waals surface area contributed by atoms with Gasteiger partial charge in [-0.15, -0.1) is 0 Å². The number of Topliss-reactive ketones (excluding diaryl/α,β-unsaturated/α-hetero) is 1. The minimum Gasteiger partial charge on any atom is -0.343 e. The summed E-state index contributed by atoms with van der Waals surface area (Å²) in [6, 6.07) is 11.2. The Labute approximate surface area is 172 Å². The Bertz CT molecular complexity index is 1040. The summed E-state index contributed by atoms with van der Waals surface area (Å²) in [6.07, 6.45) is 1.98. The molecule has 7 heteroatoms. The second-order valence-electron chi connectivity index (χ2n) is 7.37. The van der Waals surface area contributed by atoms with Crippen LogP contribution in [0.15, 0.2) is 42.5 Å². The van der Waals surface area contributed by atoms with Gasteiger partial charge < -0.3 is 9.88 Å². The van der Waals surface area contributed by atoms with Gasteiger partial charge in [-0.05, 0) is 55.3 Å². The van der Waals surface area contributed by atoms with E-state index < -0.39 is 0 Å². The van der Waals surface area contributed by atoms with Crippen molar-refractivity contribution in [1.82, 2.24) is 14.9 Å². The lowest BCUT2D eigenvalue weighted by molar-refractivity contribution is -0.132. The van der Waals surface area contributed by atoms with Crippen LogP contribution in [0.2, 0.25) is 5.02 Å². The first-order valence-electron chi connectivity index (χ1n) is 9.71. The number of amides is 1. The van der Waals surface area contributed by atoms with Gasteiger partial charge in [-0.25, -0.2) is 9.37 Å². The van der Waals surface area contributed by atoms with Crippen molar-refractivity contribution in [3.8, 4) is 0 Å². The number of likely N-dealkylation sites (tertiary alicyclic amines) is 1. The Morgan fingerprint density at radius 3 is 2.55 bits per heavy atom. The highest BCUT2D eigenvalue weighted by Crippen LogP contribution is 2.28. The zero-order chi connectivity index (χ0) is 20.4. The van der Waals surface area contributed by atoms with Gasteiger partial charge in [0.05, 0.1) is 11.0 Å². The van der Waals surface area contributed by atoms with Gasteiger partial charge in [0.2, 0.25) is 5.91 Å². The molecule has 2 aromatic carbocycles. The molecule has 1 saturated heterocycles. The molecule has 1 aromatic heterocycles. The highest BCUT2D eigenvalue weighted by atomic mass is 35.5. The number of fused-ring (bicyclic) bond motifs is 1. The average molecular weight is 414 g/mol. The molecule has 1 amide bonds. The molecule has 0 unspecified atom stereocenters. The van der Waals surface area contributed by atoms with Crippen molar-refractivity contribution < 1.29 is 14.0 Å². The van der Waals surface area contributed by atoms with Gasteiger partial charge in [0.15, 0.2) is 5.78 Å². The molecule has 150 valence electrons. The Kier molecular flexibility index (Phi) is 5.62. The summed E-state index contributed by atoms with van der Waals surface area (Å²) in [5, 5.41) is 0.579. The molecular weight excluding hydrogens is 393 g/mol. The maximum Gasteiger partial charge on any atom is 0.223 e. The Morgan fingerprint density at radius 2 is 1.83 bits per heavy atom. The number of imidazole rings is 1. The number of benzene rings is 2. The van der Waals surface area contributed by atoms with E-state index in [4.69, 9.17) is 11.6 Å². The third-order valence-corrected chi connectivity index (χ3v) is 5.68. The number of halogens is 2. The molecule has 5 nitrogen and oxygen atoms in total. The van der Waals surface area contributed by atoms with Gasteiger partial charge in [-0.3, -0.25) is 9.59 Å². The van der Waals surface area contributed by atoms with Crippen molar-refractivity contribution >= 4 is 34.3 Å². The SMILES string of the molecule is O=C(CCC(=O)N1CCC(c2nc3ccc(F)cc3[nH]2)CC1)c1ccc(Cl)cc1. The lowest BCUT2D eigenvalue weighted by Crippen LogP contribution is -2.38. The summed E-state index contributed by atoms with van der Waals surface area (Å²) in [4.78, 5) is 34.3. The number of nitrogens with one attached hydrogen (secondary N) is 1. The van der Waals surface area contributed by atoms with E-state index in [1.807, 2.05) is 4.90 Å². The number of rotatable bonds is 5. The Hall–Kier alpha value is -2.73. The smallest absolute Gasteiger partial charge is 0.223 e. The molecule has 3 aromatic rings. The van der Waals surface area contributed by atoms with Crippen LogP contribution >= 0.6 is 11.6 Å². The molecule has 0 saturated carbocycles. The molecule has 1 N–H and O–H groups in total. The number of ketones is 1. The quantitative estimate of drug-likeness (QED) is 0.615. The summed E-state index contributed by atoms with van der Waals surface area (Å²) >= 11 is 5.84. The molecule has 0 bridgehead atoms. The standard InChI is InChI=1S/C22H21ClFN3O2/c23-16-3-1-14(2-4-16)20(28)7-8-21(29)27-11-9-15(10-12-27)22-25-18-6-5-17(24)13-19(18)26-22/h1-6,13,15H,7-12H2,(H,25,26). The topological polar surface area (TPSA) is 66.1 Å². The highest BCUT2D eigenvalue weighted by Gasteiger charge is 2.26. The monoisotopic (exact) mass is 413 g/mol. The molecule has 1 fully saturated rings. The zero-order valence-electron chi connectivity index (χ0n) is 15.8. The number of piperidine rings is 1. The van der Waals surface area contributed by atoms with E-state index in [1.54, 1.807) is 30.3 Å². The predicted molar refractivity (Wildman–Crippen MR) is 110 cm³/mol. The predicted octanol–water partition coefficient (Wildman–Crippen LogP) is 4.72. The first-order valence-corrected chi connectivity index (χ1v) is 10.1. The minimum atomic E-state index is -0.290. The number of aromatic amines is 1. The number of hydrogen-bond acceptors (Lipinski definition) is 3. The fourth-order valence-corrected chi connectivity index (χ4v) is 3.88. The number of hydrogen-bond donors (Lipinski definition) is 1. The van der Waals surface area contributed by atoms with Crippen LogP contribution in [-0.2, 0) is 4.79 Å². The third kappa shape index (κ3) is 4.48. The number of nitrogens with zero attached hydrogens (tertiary/aromatic N) is 2. The van der Waals surface area contributed by atoms with Crippen molar-refractivity contribution in [1.29, 1.82) is 0 Å². The van der Waals surface area contributed by atoms with Crippen LogP contribution in [0, 0.1) is 5.82 Å². The molecule has 0 aliphatic carbocycles. The highest BCUT2D eigenvalue weighted by molar-refractivity contribution is 6.30. The number of H-pyrrole nitrogens is 1. The second-order valence-corrected chi connectivity index (χ2v) is 7.81. The summed E-state index contributed by atoms with van der Waals surface area (Å²) in [5.74, 6) is 0.707. The summed E-state index contributed by atoms with van der Waals surface area (Å²) in [7, 11) is 0. The normalized spacial score (nSPS) is 15.0. The summed E-state index contributed by atoms with van der Waals surface area (Å²) in [6.45, 7) is 1.26. The van der Waals surface area contributed by atoms with Gasteiger partial charge in [0, 0.05) is 42.4 Å². The van der Waals surface area contributed by atoms with E-state index in [0.29, 0.717) is 29.2 Å². The van der Waals surface area contributed by atoms with E-state index in [-0.39, 0.29) is 36.3 Å². The van der Waals surface area contributed by atoms with Crippen molar-refractivity contribution in [2.45, 2.75) is 31.6 Å². The van der Waals surface area contributed by atoms with Crippen LogP contribution in [-0.4, -0.2) is 39.6 Å². The number of carbonyl (C=O) groups is 2. The van der Waals surface area contributed by atoms with E-state index in [9.17, 15) is 14.0 Å². The van der Waals surface area contributed by atoms with Crippen molar-refractivity contribution in [2.75, 3.05) is 13.1 Å². The van der Waals surface area contributed by atoms with E-state index >= 15 is 0 Å². The van der Waals surface area contributed by atoms with Crippen molar-refractivity contribution in [3.05, 3.63) is 64.7 Å². The van der Waals surface area contributed by atoms with Gasteiger partial charge in [-0.1, -0.05) is 11.6 Å². The van der Waals surface area contributed by atoms with Crippen LogP contribution in [0.1, 0.15) is 47.8 Å². The van der Waals surface area contributed by atoms with Crippen molar-refractivity contribution in [3.63, 3.8) is 0 Å². The molecule has 0 spiro atoms. The Morgan fingerprint density at radius 1 is 1.10 bits per heavy atom. The largest absolute Gasteiger partial charge is 0.343 e. The molecular formula is C22H21ClFN3O2. The number of carbonyl (C=O) groups excluding carboxylic acids is 2. The maximum atomic E-state index is 13.4. The number of aromatic nitrogens is 2. The first-order chi connectivity index (χ1) is 14.0. The third-order valence-electron chi connectivity index (χ3n) is 5.43. The Balaban J connectivity index is 1.30. The molecule has 4 rings (SSSR count). The molecule has 1 aliphatic heterocycles. The second kappa shape index (κ2) is 8.33. The lowest BCUT2D eigenvalue weighted by Gasteiger charge is -2.31. The minimum absolute atomic E-state index is 0.00237. The van der Waals surface area contributed by atoms with Crippen LogP contribution in [0.25, 0.3) is 11.0 Å². The van der Waals surface area contributed by atoms with Gasteiger partial charge in [-0.2, -0.15) is 0 Å². The zero-order valence-corrected chi connectivity index (χ0v) is 16.6. The fraction of sp³-hybridized carbons (Fsp3) is 0.318. The lowest BCUT2D eigenvalue weighted by atomic mass is 9.95. The average Bonchev–Trinajstić information content (AvgIpc) is 3.15. The van der Waals surface area contributed by atoms with Gasteiger partial charge >= 0.3 is 0 Å². The molecule has 0 atom stereocenters. The van der Waals surface area contributed by atoms with Crippen LogP contribution in [0.4, 0.5) is 4.39 Å². The van der Waals surface area contributed by atoms with Crippen molar-refractivity contribution in [2.24, 2.45) is 0 Å². The fourth-order valence-electron chi connectivity index (χ4n) is 3.76. The van der Waals surface area contributed by atoms with Crippen LogP contribution < -0.4 is 0 Å². The molecule has 2 heterocycles. The van der Waals surface area contributed by atoms with E-state index in [2.05, 4.69) is 9.97 Å². The van der Waals surface area contributed by atoms with Crippen LogP contribution in [0.5, 0.6) is 0 Å². The van der Waals surface area contributed by atoms with E-state index in [0.717, 1.165) is 24.2 Å².